The van der Waals surface area contributed by atoms with Crippen LogP contribution in [0.2, 0.25) is 0 Å². The van der Waals surface area contributed by atoms with Gasteiger partial charge in [-0.1, -0.05) is 30.3 Å². The first-order valence-corrected chi connectivity index (χ1v) is 8.39. The molecular weight excluding hydrogens is 318 g/mol. The highest BCUT2D eigenvalue weighted by molar-refractivity contribution is 5.96. The molecule has 2 heterocycles. The number of carbonyl (C=O) groups is 1. The Balaban J connectivity index is 1.61. The lowest BCUT2D eigenvalue weighted by Gasteiger charge is -2.33. The van der Waals surface area contributed by atoms with E-state index in [4.69, 9.17) is 10.5 Å². The molecule has 0 aliphatic carbocycles. The van der Waals surface area contributed by atoms with E-state index in [0.29, 0.717) is 5.56 Å². The van der Waals surface area contributed by atoms with E-state index in [9.17, 15) is 4.79 Å². The fourth-order valence-electron chi connectivity index (χ4n) is 3.11. The van der Waals surface area contributed by atoms with Crippen molar-refractivity contribution in [3.8, 4) is 5.88 Å². The number of methoxy groups -OCH3 is 1. The summed E-state index contributed by atoms with van der Waals surface area (Å²) >= 11 is 0. The van der Waals surface area contributed by atoms with Crippen molar-refractivity contribution in [3.63, 3.8) is 0 Å². The molecule has 3 N–H and O–H groups in total. The molecular formula is C18H23N5O2. The summed E-state index contributed by atoms with van der Waals surface area (Å²) in [5, 5.41) is 3.06. The highest BCUT2D eigenvalue weighted by Gasteiger charge is 2.23. The van der Waals surface area contributed by atoms with E-state index in [2.05, 4.69) is 32.3 Å². The summed E-state index contributed by atoms with van der Waals surface area (Å²) in [7, 11) is 1.46. The molecule has 1 saturated heterocycles. The van der Waals surface area contributed by atoms with Crippen molar-refractivity contribution >= 4 is 11.9 Å². The molecule has 132 valence electrons. The Morgan fingerprint density at radius 1 is 1.40 bits per heavy atom. The van der Waals surface area contributed by atoms with Crippen molar-refractivity contribution in [2.24, 2.45) is 0 Å². The Labute approximate surface area is 147 Å². The molecule has 25 heavy (non-hydrogen) atoms. The molecule has 7 nitrogen and oxygen atoms in total. The van der Waals surface area contributed by atoms with Crippen LogP contribution in [0.5, 0.6) is 5.88 Å². The lowest BCUT2D eigenvalue weighted by atomic mass is 10.0. The molecule has 1 fully saturated rings. The van der Waals surface area contributed by atoms with Gasteiger partial charge in [-0.05, 0) is 24.9 Å². The Kier molecular flexibility index (Phi) is 5.45. The number of nitrogens with one attached hydrogen (secondary N) is 1. The van der Waals surface area contributed by atoms with E-state index in [1.807, 2.05) is 18.2 Å². The topological polar surface area (TPSA) is 93.4 Å². The maximum Gasteiger partial charge on any atom is 0.258 e. The van der Waals surface area contributed by atoms with Crippen LogP contribution < -0.4 is 15.8 Å². The second-order valence-electron chi connectivity index (χ2n) is 6.18. The minimum Gasteiger partial charge on any atom is -0.480 e. The van der Waals surface area contributed by atoms with Gasteiger partial charge in [0.15, 0.2) is 0 Å². The predicted octanol–water partition coefficient (Wildman–Crippen LogP) is 1.46. The number of benzene rings is 1. The smallest absolute Gasteiger partial charge is 0.258 e. The summed E-state index contributed by atoms with van der Waals surface area (Å²) < 4.78 is 5.13. The van der Waals surface area contributed by atoms with Gasteiger partial charge < -0.3 is 15.8 Å². The third-order valence-electron chi connectivity index (χ3n) is 4.30. The van der Waals surface area contributed by atoms with Gasteiger partial charge in [0.05, 0.1) is 7.11 Å². The molecule has 2 aromatic rings. The third-order valence-corrected chi connectivity index (χ3v) is 4.30. The maximum atomic E-state index is 12.5. The summed E-state index contributed by atoms with van der Waals surface area (Å²) in [5.41, 5.74) is 7.12. The van der Waals surface area contributed by atoms with Gasteiger partial charge in [0.2, 0.25) is 11.8 Å². The van der Waals surface area contributed by atoms with E-state index in [0.717, 1.165) is 32.5 Å². The number of amides is 1. The largest absolute Gasteiger partial charge is 0.480 e. The normalized spacial score (nSPS) is 17.9. The summed E-state index contributed by atoms with van der Waals surface area (Å²) in [5.74, 6) is 0.0467. The molecule has 1 aromatic carbocycles. The van der Waals surface area contributed by atoms with Crippen LogP contribution in [-0.2, 0) is 6.54 Å². The molecule has 0 saturated carbocycles. The molecule has 1 aliphatic rings. The van der Waals surface area contributed by atoms with Crippen LogP contribution in [-0.4, -0.2) is 47.0 Å². The molecule has 1 aliphatic heterocycles. The summed E-state index contributed by atoms with van der Waals surface area (Å²) in [6.45, 7) is 2.75. The van der Waals surface area contributed by atoms with Crippen molar-refractivity contribution in [2.75, 3.05) is 25.9 Å². The van der Waals surface area contributed by atoms with Gasteiger partial charge in [0, 0.05) is 25.3 Å². The standard InChI is InChI=1S/C18H23N5O2/c1-25-17-15(10-20-18(19)22-17)16(24)21-14-8-5-9-23(12-14)11-13-6-3-2-4-7-13/h2-4,6-7,10,14H,5,8-9,11-12H2,1H3,(H,21,24)(H2,19,20,22)/t14-/m0/s1. The zero-order chi connectivity index (χ0) is 17.6. The van der Waals surface area contributed by atoms with Crippen LogP contribution in [0.3, 0.4) is 0 Å². The van der Waals surface area contributed by atoms with Gasteiger partial charge in [0.1, 0.15) is 5.56 Å². The van der Waals surface area contributed by atoms with Crippen molar-refractivity contribution in [1.82, 2.24) is 20.2 Å². The zero-order valence-corrected chi connectivity index (χ0v) is 14.3. The maximum absolute atomic E-state index is 12.5. The zero-order valence-electron chi connectivity index (χ0n) is 14.3. The number of nitrogen functional groups attached to an aromatic ring is 1. The lowest BCUT2D eigenvalue weighted by Crippen LogP contribution is -2.47. The number of nitrogens with zero attached hydrogens (tertiary/aromatic N) is 3. The molecule has 0 radical (unpaired) electrons. The average molecular weight is 341 g/mol. The summed E-state index contributed by atoms with van der Waals surface area (Å²) in [6, 6.07) is 10.5. The van der Waals surface area contributed by atoms with Crippen LogP contribution >= 0.6 is 0 Å². The monoisotopic (exact) mass is 341 g/mol. The van der Waals surface area contributed by atoms with Crippen LogP contribution in [0.15, 0.2) is 36.5 Å². The molecule has 3 rings (SSSR count). The molecule has 0 bridgehead atoms. The fourth-order valence-corrected chi connectivity index (χ4v) is 3.11. The van der Waals surface area contributed by atoms with Crippen molar-refractivity contribution in [1.29, 1.82) is 0 Å². The van der Waals surface area contributed by atoms with Gasteiger partial charge in [-0.2, -0.15) is 4.98 Å². The molecule has 1 amide bonds. The molecule has 1 atom stereocenters. The van der Waals surface area contributed by atoms with E-state index in [1.54, 1.807) is 0 Å². The number of likely N-dealkylation sites (tertiary alicyclic amines) is 1. The Bertz CT molecular complexity index is 723. The first kappa shape index (κ1) is 17.2. The Hall–Kier alpha value is -2.67. The van der Waals surface area contributed by atoms with E-state index < -0.39 is 0 Å². The van der Waals surface area contributed by atoms with Crippen molar-refractivity contribution < 1.29 is 9.53 Å². The van der Waals surface area contributed by atoms with Crippen LogP contribution in [0, 0.1) is 0 Å². The van der Waals surface area contributed by atoms with Gasteiger partial charge >= 0.3 is 0 Å². The van der Waals surface area contributed by atoms with Gasteiger partial charge in [-0.25, -0.2) is 4.98 Å². The quantitative estimate of drug-likeness (QED) is 0.855. The minimum absolute atomic E-state index is 0.0834. The highest BCUT2D eigenvalue weighted by Crippen LogP contribution is 2.17. The number of hydrogen-bond acceptors (Lipinski definition) is 6. The summed E-state index contributed by atoms with van der Waals surface area (Å²) in [4.78, 5) is 22.7. The highest BCUT2D eigenvalue weighted by atomic mass is 16.5. The third kappa shape index (κ3) is 4.45. The number of hydrogen-bond donors (Lipinski definition) is 2. The number of aromatic nitrogens is 2. The first-order valence-electron chi connectivity index (χ1n) is 8.39. The number of anilines is 1. The number of ether oxygens (including phenoxy) is 1. The number of nitrogens with two attached hydrogens (primary N) is 1. The van der Waals surface area contributed by atoms with Crippen LogP contribution in [0.25, 0.3) is 0 Å². The number of rotatable bonds is 5. The molecule has 0 spiro atoms. The van der Waals surface area contributed by atoms with Gasteiger partial charge in [-0.15, -0.1) is 0 Å². The van der Waals surface area contributed by atoms with Crippen LogP contribution in [0.4, 0.5) is 5.95 Å². The van der Waals surface area contributed by atoms with Crippen LogP contribution in [0.1, 0.15) is 28.8 Å². The molecule has 0 unspecified atom stereocenters. The van der Waals surface area contributed by atoms with Gasteiger partial charge in [-0.3, -0.25) is 9.69 Å². The summed E-state index contributed by atoms with van der Waals surface area (Å²) in [6.07, 6.45) is 3.41. The Morgan fingerprint density at radius 2 is 2.20 bits per heavy atom. The fraction of sp³-hybridized carbons (Fsp3) is 0.389. The minimum atomic E-state index is -0.233. The molecule has 7 heteroatoms. The van der Waals surface area contributed by atoms with E-state index >= 15 is 0 Å². The average Bonchev–Trinajstić information content (AvgIpc) is 2.62. The Morgan fingerprint density at radius 3 is 2.96 bits per heavy atom. The second kappa shape index (κ2) is 7.94. The van der Waals surface area contributed by atoms with E-state index in [-0.39, 0.29) is 23.8 Å². The molecule has 1 aromatic heterocycles. The van der Waals surface area contributed by atoms with Crippen molar-refractivity contribution in [2.45, 2.75) is 25.4 Å². The number of piperidine rings is 1. The van der Waals surface area contributed by atoms with Gasteiger partial charge in [0.25, 0.3) is 5.91 Å². The van der Waals surface area contributed by atoms with E-state index in [1.165, 1.54) is 18.9 Å². The predicted molar refractivity (Wildman–Crippen MR) is 95.2 cm³/mol. The first-order chi connectivity index (χ1) is 12.2. The lowest BCUT2D eigenvalue weighted by molar-refractivity contribution is 0.0896. The van der Waals surface area contributed by atoms with Crippen molar-refractivity contribution in [3.05, 3.63) is 47.7 Å². The second-order valence-corrected chi connectivity index (χ2v) is 6.18. The number of carbonyl (C=O) groups excluding carboxylic acids is 1. The SMILES string of the molecule is COc1nc(N)ncc1C(=O)N[C@H]1CCCN(Cc2ccccc2)C1.